The van der Waals surface area contributed by atoms with Crippen molar-refractivity contribution in [3.63, 3.8) is 0 Å². The van der Waals surface area contributed by atoms with E-state index in [4.69, 9.17) is 0 Å². The summed E-state index contributed by atoms with van der Waals surface area (Å²) in [4.78, 5) is 11.8. The van der Waals surface area contributed by atoms with Crippen LogP contribution in [0, 0.1) is 0 Å². The van der Waals surface area contributed by atoms with Crippen molar-refractivity contribution in [1.29, 1.82) is 0 Å². The molecule has 0 aromatic carbocycles. The third-order valence-corrected chi connectivity index (χ3v) is 9.68. The molecule has 1 heterocycles. The fourth-order valence-electron chi connectivity index (χ4n) is 2.15. The topological polar surface area (TPSA) is 20.3 Å². The van der Waals surface area contributed by atoms with Gasteiger partial charge < -0.3 is 4.57 Å². The first kappa shape index (κ1) is 13.5. The van der Waals surface area contributed by atoms with Gasteiger partial charge in [0.1, 0.15) is 0 Å². The molecule has 1 aliphatic heterocycles. The van der Waals surface area contributed by atoms with Crippen molar-refractivity contribution < 1.29 is 4.79 Å². The van der Waals surface area contributed by atoms with Gasteiger partial charge in [-0.3, -0.25) is 4.79 Å². The Morgan fingerprint density at radius 3 is 2.44 bits per heavy atom. The quantitative estimate of drug-likeness (QED) is 0.417. The van der Waals surface area contributed by atoms with Gasteiger partial charge in [-0.25, -0.2) is 0 Å². The van der Waals surface area contributed by atoms with Gasteiger partial charge in [-0.05, 0) is 17.9 Å². The van der Waals surface area contributed by atoms with Crippen LogP contribution in [0.25, 0.3) is 0 Å². The second-order valence-corrected chi connectivity index (χ2v) is 11.4. The van der Waals surface area contributed by atoms with Crippen LogP contribution in [0.1, 0.15) is 40.0 Å². The summed E-state index contributed by atoms with van der Waals surface area (Å²) >= 11 is 0. The zero-order valence-corrected chi connectivity index (χ0v) is 12.3. The number of amides is 1. The molecule has 0 radical (unpaired) electrons. The second kappa shape index (κ2) is 4.36. The summed E-state index contributed by atoms with van der Waals surface area (Å²) < 4.78 is 2.22. The Bertz CT molecular complexity index is 291. The summed E-state index contributed by atoms with van der Waals surface area (Å²) in [6.45, 7) is 15.2. The molecule has 0 spiro atoms. The summed E-state index contributed by atoms with van der Waals surface area (Å²) in [5.41, 5.74) is 0. The van der Waals surface area contributed by atoms with E-state index in [9.17, 15) is 4.79 Å². The molecule has 1 atom stereocenters. The van der Waals surface area contributed by atoms with E-state index in [1.54, 1.807) is 0 Å². The monoisotopic (exact) mass is 239 g/mol. The molecule has 2 nitrogen and oxygen atoms in total. The van der Waals surface area contributed by atoms with Gasteiger partial charge in [0, 0.05) is 12.5 Å². The van der Waals surface area contributed by atoms with Crippen molar-refractivity contribution >= 4 is 14.1 Å². The van der Waals surface area contributed by atoms with Crippen LogP contribution in [-0.4, -0.2) is 24.7 Å². The van der Waals surface area contributed by atoms with Gasteiger partial charge >= 0.3 is 0 Å². The van der Waals surface area contributed by atoms with Gasteiger partial charge in [-0.15, -0.1) is 6.58 Å². The van der Waals surface area contributed by atoms with Crippen LogP contribution in [0.15, 0.2) is 12.7 Å². The number of hydrogen-bond donors (Lipinski definition) is 0. The predicted molar refractivity (Wildman–Crippen MR) is 71.9 cm³/mol. The zero-order valence-electron chi connectivity index (χ0n) is 11.3. The van der Waals surface area contributed by atoms with Crippen LogP contribution in [0.2, 0.25) is 18.1 Å². The van der Waals surface area contributed by atoms with Crippen molar-refractivity contribution in [1.82, 2.24) is 4.57 Å². The molecule has 1 saturated heterocycles. The Morgan fingerprint density at radius 2 is 2.06 bits per heavy atom. The molecule has 1 amide bonds. The van der Waals surface area contributed by atoms with E-state index in [2.05, 4.69) is 45.0 Å². The summed E-state index contributed by atoms with van der Waals surface area (Å²) in [7, 11) is -1.65. The predicted octanol–water partition coefficient (Wildman–Crippen LogP) is 3.56. The van der Waals surface area contributed by atoms with Crippen molar-refractivity contribution in [2.75, 3.05) is 0 Å². The minimum Gasteiger partial charge on any atom is -0.366 e. The fraction of sp³-hybridized carbons (Fsp3) is 0.769. The third kappa shape index (κ3) is 2.24. The first-order valence-electron chi connectivity index (χ1n) is 6.15. The minimum absolute atomic E-state index is 0.246. The van der Waals surface area contributed by atoms with E-state index < -0.39 is 8.24 Å². The Morgan fingerprint density at radius 1 is 1.50 bits per heavy atom. The summed E-state index contributed by atoms with van der Waals surface area (Å²) in [5.74, 6) is 0.362. The number of hydrogen-bond acceptors (Lipinski definition) is 1. The third-order valence-electron chi connectivity index (χ3n) is 4.19. The normalized spacial score (nSPS) is 21.9. The second-order valence-electron chi connectivity index (χ2n) is 6.30. The zero-order chi connectivity index (χ0) is 12.6. The Labute approximate surface area is 101 Å². The molecule has 0 N–H and O–H groups in total. The van der Waals surface area contributed by atoms with Gasteiger partial charge in [0.05, 0.1) is 0 Å². The molecular weight excluding hydrogens is 214 g/mol. The summed E-state index contributed by atoms with van der Waals surface area (Å²) in [5, 5.41) is 0.246. The Kier molecular flexibility index (Phi) is 3.68. The lowest BCUT2D eigenvalue weighted by molar-refractivity contribution is -0.139. The molecule has 0 aromatic rings. The average Bonchev–Trinajstić information content (AvgIpc) is 2.08. The smallest absolute Gasteiger partial charge is 0.216 e. The first-order chi connectivity index (χ1) is 7.21. The van der Waals surface area contributed by atoms with Crippen molar-refractivity contribution in [2.24, 2.45) is 0 Å². The molecular formula is C13H25NOSi. The maximum Gasteiger partial charge on any atom is 0.216 e. The van der Waals surface area contributed by atoms with E-state index in [0.717, 1.165) is 19.3 Å². The van der Waals surface area contributed by atoms with Gasteiger partial charge in [-0.1, -0.05) is 39.9 Å². The van der Waals surface area contributed by atoms with Crippen molar-refractivity contribution in [3.8, 4) is 0 Å². The van der Waals surface area contributed by atoms with Crippen LogP contribution in [0.3, 0.4) is 0 Å². The number of carbonyl (C=O) groups excluding carboxylic acids is 1. The van der Waals surface area contributed by atoms with Crippen LogP contribution < -0.4 is 0 Å². The van der Waals surface area contributed by atoms with Crippen LogP contribution in [0.5, 0.6) is 0 Å². The Balaban J connectivity index is 2.77. The van der Waals surface area contributed by atoms with Crippen molar-refractivity contribution in [2.45, 2.75) is 64.2 Å². The largest absolute Gasteiger partial charge is 0.366 e. The molecule has 1 unspecified atom stereocenters. The summed E-state index contributed by atoms with van der Waals surface area (Å²) in [6, 6.07) is 0.478. The molecule has 1 aliphatic rings. The van der Waals surface area contributed by atoms with Crippen LogP contribution in [-0.2, 0) is 4.79 Å². The number of allylic oxidation sites excluding steroid dienone is 1. The number of rotatable bonds is 4. The SMILES string of the molecule is C=CCCC1CC(=O)N1[Si](C)(C)C(C)(C)C. The number of β-lactam (4-membered cyclic amide) rings is 1. The van der Waals surface area contributed by atoms with Crippen LogP contribution in [0.4, 0.5) is 0 Å². The molecule has 92 valence electrons. The van der Waals surface area contributed by atoms with E-state index >= 15 is 0 Å². The van der Waals surface area contributed by atoms with E-state index in [-0.39, 0.29) is 5.04 Å². The molecule has 0 bridgehead atoms. The maximum absolute atomic E-state index is 11.8. The van der Waals surface area contributed by atoms with E-state index in [0.29, 0.717) is 11.9 Å². The molecule has 1 fully saturated rings. The standard InChI is InChI=1S/C13H25NOSi/c1-7-8-9-11-10-12(15)14(11)16(5,6)13(2,3)4/h7,11H,1,8-10H2,2-6H3. The molecule has 0 aromatic heterocycles. The first-order valence-corrected chi connectivity index (χ1v) is 9.09. The van der Waals surface area contributed by atoms with Gasteiger partial charge in [0.2, 0.25) is 5.91 Å². The van der Waals surface area contributed by atoms with Crippen LogP contribution >= 0.6 is 0 Å². The molecule has 0 saturated carbocycles. The highest BCUT2D eigenvalue weighted by Crippen LogP contribution is 2.43. The molecule has 0 aliphatic carbocycles. The number of carbonyl (C=O) groups is 1. The Hall–Kier alpha value is -0.573. The summed E-state index contributed by atoms with van der Waals surface area (Å²) in [6.07, 6.45) is 4.80. The average molecular weight is 239 g/mol. The number of nitrogens with zero attached hydrogens (tertiary/aromatic N) is 1. The van der Waals surface area contributed by atoms with Gasteiger partial charge in [-0.2, -0.15) is 0 Å². The highest BCUT2D eigenvalue weighted by Gasteiger charge is 2.51. The lowest BCUT2D eigenvalue weighted by Gasteiger charge is -2.55. The fourth-order valence-corrected chi connectivity index (χ4v) is 4.72. The molecule has 3 heteroatoms. The minimum atomic E-state index is -1.65. The lowest BCUT2D eigenvalue weighted by atomic mass is 10.0. The lowest BCUT2D eigenvalue weighted by Crippen LogP contribution is -2.67. The molecule has 16 heavy (non-hydrogen) atoms. The highest BCUT2D eigenvalue weighted by atomic mass is 28.3. The van der Waals surface area contributed by atoms with E-state index in [1.165, 1.54) is 0 Å². The van der Waals surface area contributed by atoms with Gasteiger partial charge in [0.25, 0.3) is 0 Å². The van der Waals surface area contributed by atoms with Crippen molar-refractivity contribution in [3.05, 3.63) is 12.7 Å². The van der Waals surface area contributed by atoms with Gasteiger partial charge in [0.15, 0.2) is 8.24 Å². The maximum atomic E-state index is 11.8. The highest BCUT2D eigenvalue weighted by molar-refractivity contribution is 6.79. The van der Waals surface area contributed by atoms with E-state index in [1.807, 2.05) is 6.08 Å². The molecule has 1 rings (SSSR count).